The summed E-state index contributed by atoms with van der Waals surface area (Å²) in [6.07, 6.45) is 1.29. The van der Waals surface area contributed by atoms with Gasteiger partial charge in [0.05, 0.1) is 53.4 Å². The fourth-order valence-electron chi connectivity index (χ4n) is 12.5. The Hall–Kier alpha value is -9.58. The number of amides is 1. The summed E-state index contributed by atoms with van der Waals surface area (Å²) in [5.41, 5.74) is 7.07. The molecule has 0 radical (unpaired) electrons. The van der Waals surface area contributed by atoms with Crippen LogP contribution in [0.25, 0.3) is 0 Å². The van der Waals surface area contributed by atoms with Crippen LogP contribution in [0.1, 0.15) is 232 Å². The minimum absolute atomic E-state index is 0.0145. The van der Waals surface area contributed by atoms with Gasteiger partial charge >= 0.3 is 30.7 Å². The number of halogens is 11. The number of alkyl halides is 7. The number of esters is 2. The lowest BCUT2D eigenvalue weighted by atomic mass is 10.0. The highest BCUT2D eigenvalue weighted by Gasteiger charge is 2.32. The van der Waals surface area contributed by atoms with Gasteiger partial charge in [-0.1, -0.05) is 193 Å². The van der Waals surface area contributed by atoms with E-state index in [1.165, 1.54) is 91.3 Å². The summed E-state index contributed by atoms with van der Waals surface area (Å²) in [5, 5.41) is 18.5. The fourth-order valence-corrected chi connectivity index (χ4v) is 17.2. The SMILES string of the molecule is CC(=O)Nc1cc(CC(C)C)ccc1F.CC(C)Cc1cc(C(F)(F)F)ccc1F.CC(C)Cc1ccc(F)c(C(F)F)c1.CC(C)Cc1ccc(F)c(NS(C)(=O)=O)c1.CC(C)Cc1ccc(OC(F)F)cc1.CC(C)Cc1ccc(S(=O)(=O)N[C@H](C(=O)O)C(C)C)cc1.CC(C)Cc1ccc(S(N)(=O)=O)s1.COC(=O)c1cc(CC(C)C)cs1.COC(=O)c1cccc(CC(C)C)c1. The van der Waals surface area contributed by atoms with E-state index >= 15 is 0 Å². The smallest absolute Gasteiger partial charge is 0.416 e. The van der Waals surface area contributed by atoms with Crippen LogP contribution in [0, 0.1) is 82.4 Å². The minimum atomic E-state index is -4.40. The maximum Gasteiger partial charge on any atom is 0.416 e. The first-order valence-corrected chi connectivity index (χ1v) is 50.6. The van der Waals surface area contributed by atoms with Crippen LogP contribution < -0.4 is 24.6 Å². The summed E-state index contributed by atoms with van der Waals surface area (Å²) in [7, 11) is -7.95. The van der Waals surface area contributed by atoms with Crippen LogP contribution in [0.5, 0.6) is 5.75 Å². The zero-order chi connectivity index (χ0) is 103. The molecule has 18 nitrogen and oxygen atoms in total. The summed E-state index contributed by atoms with van der Waals surface area (Å²) in [4.78, 5) is 46.1. The lowest BCUT2D eigenvalue weighted by molar-refractivity contribution is -0.140. The standard InChI is InChI=1S/C15H23NO4S.C12H16FNO.C12H16O2.C11H12F4.C11H13F3.C11H14F2O.C11H16FNO2S.C10H14O2S.C8H13NO2S2/c1-10(2)9-12-5-7-13(8-6-12)21(19,20)16-14(11(3)4)15(17)18;1-8(2)6-10-4-5-11(13)12(7-10)14-9(3)15;1-9(2)7-10-5-4-6-11(8-10)12(13)14-3;1-7(2)5-8-6-9(11(13,14)15)3-4-10(8)12;1-7(2)5-8-3-4-10(12)9(6-8)11(13)14;1-8(2)7-9-3-5-10(6-4-9)14-11(12)13;1-8(2)6-9-4-5-10(12)11(7-9)13-16(3,14)15;1-7(2)4-8-5-9(13-6-8)10(11)12-3;1-6(2)5-7-3-4-8(12-7)13(9,10)11/h5-8,10-11,14,16H,9H2,1-4H3,(H,17,18);4-5,7-8H,6H2,1-3H3,(H,14,15);4-6,8-9H,7H2,1-3H3;3-4,6-7H,5H2,1-2H3;3-4,6-7,11H,5H2,1-2H3;3-6,8,11H,7H2,1-2H3;4-5,7-8,13H,6H2,1-3H3;5-7H,4H2,1-3H3;3-4,6H,5H2,1-2H3,(H2,9,10,11)/t14-;;;;;;;;/m0......../s1. The Kier molecular flexibility index (Phi) is 55.7. The molecule has 2 aromatic heterocycles. The molecule has 2 heterocycles. The van der Waals surface area contributed by atoms with Crippen molar-refractivity contribution in [3.05, 3.63) is 263 Å². The summed E-state index contributed by atoms with van der Waals surface area (Å²) in [5.74, 6) is -0.123. The average Bonchev–Trinajstić information content (AvgIpc) is 1.79. The van der Waals surface area contributed by atoms with E-state index < -0.39 is 95.7 Å². The second kappa shape index (κ2) is 60.9. The number of carbonyl (C=O) groups excluding carboxylic acids is 3. The summed E-state index contributed by atoms with van der Waals surface area (Å²) < 4.78 is 224. The van der Waals surface area contributed by atoms with Gasteiger partial charge in [-0.15, -0.1) is 22.7 Å². The predicted molar refractivity (Wildman–Crippen MR) is 520 cm³/mol. The van der Waals surface area contributed by atoms with E-state index in [-0.39, 0.29) is 61.5 Å². The van der Waals surface area contributed by atoms with Gasteiger partial charge in [-0.3, -0.25) is 14.3 Å². The third-order valence-corrected chi connectivity index (χ3v) is 23.5. The molecule has 34 heteroatoms. The highest BCUT2D eigenvalue weighted by Crippen LogP contribution is 2.32. The normalized spacial score (nSPS) is 11.6. The number of carboxylic acids is 1. The summed E-state index contributed by atoms with van der Waals surface area (Å²) >= 11 is 2.70. The molecule has 0 aliphatic heterocycles. The van der Waals surface area contributed by atoms with Gasteiger partial charge in [0.25, 0.3) is 6.43 Å². The number of primary sulfonamides is 1. The van der Waals surface area contributed by atoms with E-state index in [2.05, 4.69) is 112 Å². The molecule has 0 saturated heterocycles. The van der Waals surface area contributed by atoms with Crippen molar-refractivity contribution in [2.45, 2.75) is 238 Å². The number of methoxy groups -OCH3 is 2. The Bertz CT molecular complexity index is 5380. The van der Waals surface area contributed by atoms with Crippen molar-refractivity contribution in [2.75, 3.05) is 30.5 Å². The second-order valence-corrected chi connectivity index (χ2v) is 43.5. The lowest BCUT2D eigenvalue weighted by Gasteiger charge is -2.18. The van der Waals surface area contributed by atoms with E-state index in [1.54, 1.807) is 74.5 Å². The average molecular weight is 2000 g/mol. The molecule has 1 amide bonds. The van der Waals surface area contributed by atoms with Gasteiger partial charge in [0.15, 0.2) is 0 Å². The number of ether oxygens (including phenoxy) is 3. The molecule has 6 N–H and O–H groups in total. The molecule has 7 aromatic carbocycles. The molecule has 0 bridgehead atoms. The number of benzene rings is 7. The molecule has 752 valence electrons. The van der Waals surface area contributed by atoms with Crippen molar-refractivity contribution in [1.82, 2.24) is 4.72 Å². The van der Waals surface area contributed by atoms with Crippen molar-refractivity contribution in [3.8, 4) is 5.75 Å². The zero-order valence-corrected chi connectivity index (χ0v) is 85.6. The number of carbonyl (C=O) groups is 4. The van der Waals surface area contributed by atoms with Crippen LogP contribution in [-0.2, 0) is 113 Å². The van der Waals surface area contributed by atoms with Gasteiger partial charge < -0.3 is 24.6 Å². The van der Waals surface area contributed by atoms with Crippen LogP contribution >= 0.6 is 22.7 Å². The van der Waals surface area contributed by atoms with Gasteiger partial charge in [-0.05, 0) is 276 Å². The monoisotopic (exact) mass is 2000 g/mol. The van der Waals surface area contributed by atoms with Crippen molar-refractivity contribution in [2.24, 2.45) is 64.3 Å². The molecule has 0 saturated carbocycles. The van der Waals surface area contributed by atoms with E-state index in [0.29, 0.717) is 70.6 Å². The first-order chi connectivity index (χ1) is 62.4. The van der Waals surface area contributed by atoms with Crippen LogP contribution in [0.4, 0.5) is 59.7 Å². The molecule has 0 aliphatic carbocycles. The number of carboxylic acid groups (broad SMARTS) is 1. The third-order valence-electron chi connectivity index (χ3n) is 18.0. The largest absolute Gasteiger partial charge is 0.480 e. The highest BCUT2D eigenvalue weighted by atomic mass is 32.2. The van der Waals surface area contributed by atoms with Gasteiger partial charge in [0.2, 0.25) is 36.0 Å². The van der Waals surface area contributed by atoms with Crippen LogP contribution in [0.2, 0.25) is 0 Å². The predicted octanol–water partition coefficient (Wildman–Crippen LogP) is 26.1. The molecule has 9 rings (SSSR count). The van der Waals surface area contributed by atoms with Gasteiger partial charge in [0, 0.05) is 11.8 Å². The molecule has 0 aliphatic rings. The molecule has 0 unspecified atom stereocenters. The molecule has 0 spiro atoms. The Morgan fingerprint density at radius 2 is 0.874 bits per heavy atom. The highest BCUT2D eigenvalue weighted by molar-refractivity contribution is 7.92. The van der Waals surface area contributed by atoms with Crippen LogP contribution in [0.3, 0.4) is 0 Å². The third kappa shape index (κ3) is 53.7. The summed E-state index contributed by atoms with van der Waals surface area (Å²) in [6, 6.07) is 40.9. The van der Waals surface area contributed by atoms with Crippen LogP contribution in [0.15, 0.2) is 178 Å². The Balaban J connectivity index is 0.000000762. The van der Waals surface area contributed by atoms with Crippen molar-refractivity contribution in [1.29, 1.82) is 0 Å². The van der Waals surface area contributed by atoms with Gasteiger partial charge in [-0.25, -0.2) is 66.3 Å². The molecule has 1 atom stereocenters. The number of rotatable bonds is 32. The number of hydrogen-bond donors (Lipinski definition) is 5. The number of sulfonamides is 3. The molecule has 135 heavy (non-hydrogen) atoms. The van der Waals surface area contributed by atoms with Crippen molar-refractivity contribution < 1.29 is 112 Å². The number of hydrogen-bond acceptors (Lipinski definition) is 15. The van der Waals surface area contributed by atoms with E-state index in [9.17, 15) is 92.7 Å². The van der Waals surface area contributed by atoms with E-state index in [0.717, 1.165) is 108 Å². The maximum absolute atomic E-state index is 13.3. The number of nitrogens with two attached hydrogens (primary N) is 1. The number of anilines is 2. The Morgan fingerprint density at radius 3 is 1.28 bits per heavy atom. The molecule has 9 aromatic rings. The lowest BCUT2D eigenvalue weighted by Crippen LogP contribution is -2.44. The van der Waals surface area contributed by atoms with Crippen LogP contribution in [-0.4, -0.2) is 87.3 Å². The second-order valence-electron chi connectivity index (χ2n) is 36.1. The zero-order valence-electron chi connectivity index (χ0n) is 81.6. The molecule has 0 fully saturated rings. The topological polar surface area (TPSA) is 281 Å². The number of aliphatic carboxylic acids is 1. The molecular weight excluding hydrogens is 1860 g/mol. The quantitative estimate of drug-likeness (QED) is 0.0194. The first-order valence-electron chi connectivity index (χ1n) is 44.0. The van der Waals surface area contributed by atoms with E-state index in [4.69, 9.17) is 10.2 Å². The van der Waals surface area contributed by atoms with Gasteiger partial charge in [0.1, 0.15) is 44.1 Å². The molecular formula is C101H137F11N4O14S5. The van der Waals surface area contributed by atoms with Crippen molar-refractivity contribution >= 4 is 87.9 Å². The first kappa shape index (κ1) is 123. The van der Waals surface area contributed by atoms with Gasteiger partial charge in [-0.2, -0.15) is 26.7 Å². The Morgan fingerprint density at radius 1 is 0.459 bits per heavy atom. The summed E-state index contributed by atoms with van der Waals surface area (Å²) in [6.45, 7) is 39.1. The number of nitrogens with one attached hydrogen (secondary N) is 3. The minimum Gasteiger partial charge on any atom is -0.480 e. The van der Waals surface area contributed by atoms with E-state index in [1.807, 2.05) is 89.4 Å². The fraction of sp³-hybridized carbons (Fsp3) is 0.465. The van der Waals surface area contributed by atoms with Crippen molar-refractivity contribution in [3.63, 3.8) is 0 Å². The number of thiophene rings is 2. The Labute approximate surface area is 801 Å². The maximum atomic E-state index is 13.3.